The molecule has 176 valence electrons. The average Bonchev–Trinajstić information content (AvgIpc) is 3.18. The SMILES string of the molecule is C[C@]1(C(=O)NC2C3CC4CC2CC(O)(C4)C3)CCCN1S(=O)(=O)c1cccc2cccnc12. The number of benzene rings is 1. The third-order valence-corrected chi connectivity index (χ3v) is 10.8. The fraction of sp³-hybridized carbons (Fsp3) is 0.600. The van der Waals surface area contributed by atoms with E-state index in [0.29, 0.717) is 30.8 Å². The Kier molecular flexibility index (Phi) is 4.71. The number of aromatic nitrogens is 1. The molecule has 2 N–H and O–H groups in total. The van der Waals surface area contributed by atoms with E-state index in [1.165, 1.54) is 4.31 Å². The number of hydrogen-bond acceptors (Lipinski definition) is 5. The maximum absolute atomic E-state index is 13.8. The van der Waals surface area contributed by atoms with Gasteiger partial charge in [-0.1, -0.05) is 18.2 Å². The lowest BCUT2D eigenvalue weighted by atomic mass is 9.52. The highest BCUT2D eigenvalue weighted by molar-refractivity contribution is 7.89. The predicted octanol–water partition coefficient (Wildman–Crippen LogP) is 2.83. The molecule has 2 aromatic rings. The number of pyridine rings is 1. The first-order valence-corrected chi connectivity index (χ1v) is 13.5. The van der Waals surface area contributed by atoms with E-state index in [2.05, 4.69) is 10.3 Å². The zero-order valence-corrected chi connectivity index (χ0v) is 19.7. The molecule has 1 saturated heterocycles. The molecular formula is C25H31N3O4S. The number of hydrogen-bond donors (Lipinski definition) is 2. The van der Waals surface area contributed by atoms with E-state index in [9.17, 15) is 18.3 Å². The fourth-order valence-electron chi connectivity index (χ4n) is 7.48. The monoisotopic (exact) mass is 469 g/mol. The van der Waals surface area contributed by atoms with Crippen molar-refractivity contribution in [3.63, 3.8) is 0 Å². The van der Waals surface area contributed by atoms with E-state index in [0.717, 1.165) is 37.5 Å². The maximum Gasteiger partial charge on any atom is 0.246 e. The van der Waals surface area contributed by atoms with Crippen LogP contribution < -0.4 is 5.32 Å². The van der Waals surface area contributed by atoms with Gasteiger partial charge in [0.25, 0.3) is 0 Å². The Morgan fingerprint density at radius 1 is 1.15 bits per heavy atom. The van der Waals surface area contributed by atoms with Crippen molar-refractivity contribution in [2.45, 2.75) is 73.9 Å². The molecule has 4 aliphatic carbocycles. The average molecular weight is 470 g/mol. The van der Waals surface area contributed by atoms with E-state index < -0.39 is 21.2 Å². The van der Waals surface area contributed by atoms with Gasteiger partial charge in [-0.2, -0.15) is 4.31 Å². The van der Waals surface area contributed by atoms with Crippen LogP contribution in [-0.2, 0) is 14.8 Å². The van der Waals surface area contributed by atoms with Crippen molar-refractivity contribution in [2.24, 2.45) is 17.8 Å². The largest absolute Gasteiger partial charge is 0.390 e. The molecule has 4 bridgehead atoms. The van der Waals surface area contributed by atoms with Crippen LogP contribution in [0.4, 0.5) is 0 Å². The van der Waals surface area contributed by atoms with E-state index in [-0.39, 0.29) is 28.7 Å². The Morgan fingerprint density at radius 2 is 1.88 bits per heavy atom. The standard InChI is InChI=1S/C25H31N3O4S/c1-24(23(29)27-21-18-11-16-12-19(21)15-25(30,13-16)14-18)8-4-10-28(24)33(31,32)20-7-2-5-17-6-3-9-26-22(17)20/h2-3,5-7,9,16,18-19,21,30H,4,8,10-15H2,1H3,(H,27,29)/t16?,18?,19?,21?,24-,25?/m1/s1. The molecule has 3 atom stereocenters. The lowest BCUT2D eigenvalue weighted by molar-refractivity contribution is -0.150. The molecule has 2 heterocycles. The van der Waals surface area contributed by atoms with Crippen molar-refractivity contribution >= 4 is 26.8 Å². The quantitative estimate of drug-likeness (QED) is 0.717. The van der Waals surface area contributed by atoms with Crippen molar-refractivity contribution in [1.29, 1.82) is 0 Å². The highest BCUT2D eigenvalue weighted by Crippen LogP contribution is 2.55. The van der Waals surface area contributed by atoms with Gasteiger partial charge in [-0.05, 0) is 81.8 Å². The molecule has 0 spiro atoms. The van der Waals surface area contributed by atoms with Gasteiger partial charge in [0, 0.05) is 24.2 Å². The van der Waals surface area contributed by atoms with Gasteiger partial charge in [0.1, 0.15) is 10.4 Å². The van der Waals surface area contributed by atoms with E-state index in [4.69, 9.17) is 0 Å². The molecule has 8 heteroatoms. The van der Waals surface area contributed by atoms with Crippen LogP contribution in [0.25, 0.3) is 10.9 Å². The van der Waals surface area contributed by atoms with Crippen molar-refractivity contribution < 1.29 is 18.3 Å². The number of rotatable bonds is 4. The van der Waals surface area contributed by atoms with Crippen LogP contribution in [-0.4, -0.2) is 52.4 Å². The second-order valence-electron chi connectivity index (χ2n) is 11.0. The van der Waals surface area contributed by atoms with Gasteiger partial charge in [-0.3, -0.25) is 9.78 Å². The zero-order valence-electron chi connectivity index (χ0n) is 18.9. The number of fused-ring (bicyclic) bond motifs is 1. The Morgan fingerprint density at radius 3 is 2.61 bits per heavy atom. The lowest BCUT2D eigenvalue weighted by Crippen LogP contribution is -2.65. The molecule has 2 unspecified atom stereocenters. The maximum atomic E-state index is 13.8. The Hall–Kier alpha value is -2.03. The van der Waals surface area contributed by atoms with Crippen molar-refractivity contribution in [1.82, 2.24) is 14.6 Å². The van der Waals surface area contributed by atoms with Crippen molar-refractivity contribution in [2.75, 3.05) is 6.54 Å². The smallest absolute Gasteiger partial charge is 0.246 e. The van der Waals surface area contributed by atoms with Gasteiger partial charge >= 0.3 is 0 Å². The molecule has 0 radical (unpaired) electrons. The lowest BCUT2D eigenvalue weighted by Gasteiger charge is -2.58. The van der Waals surface area contributed by atoms with Gasteiger partial charge in [-0.25, -0.2) is 8.42 Å². The van der Waals surface area contributed by atoms with Gasteiger partial charge < -0.3 is 10.4 Å². The van der Waals surface area contributed by atoms with Crippen LogP contribution in [0, 0.1) is 17.8 Å². The highest BCUT2D eigenvalue weighted by Gasteiger charge is 2.57. The van der Waals surface area contributed by atoms with Crippen molar-refractivity contribution in [3.8, 4) is 0 Å². The van der Waals surface area contributed by atoms with Crippen LogP contribution in [0.1, 0.15) is 51.9 Å². The number of aliphatic hydroxyl groups is 1. The van der Waals surface area contributed by atoms with Crippen LogP contribution in [0.15, 0.2) is 41.4 Å². The second kappa shape index (κ2) is 7.23. The fourth-order valence-corrected chi connectivity index (χ4v) is 9.45. The third-order valence-electron chi connectivity index (χ3n) is 8.77. The predicted molar refractivity (Wildman–Crippen MR) is 124 cm³/mol. The first kappa shape index (κ1) is 21.5. The molecule has 1 aromatic carbocycles. The number of nitrogens with one attached hydrogen (secondary N) is 1. The molecule has 1 aromatic heterocycles. The van der Waals surface area contributed by atoms with Crippen LogP contribution in [0.3, 0.4) is 0 Å². The van der Waals surface area contributed by atoms with E-state index in [1.807, 2.05) is 12.1 Å². The summed E-state index contributed by atoms with van der Waals surface area (Å²) in [5, 5.41) is 14.9. The summed E-state index contributed by atoms with van der Waals surface area (Å²) >= 11 is 0. The first-order valence-electron chi connectivity index (χ1n) is 12.1. The summed E-state index contributed by atoms with van der Waals surface area (Å²) < 4.78 is 29.0. The highest BCUT2D eigenvalue weighted by atomic mass is 32.2. The molecule has 5 aliphatic rings. The molecular weight excluding hydrogens is 438 g/mol. The summed E-state index contributed by atoms with van der Waals surface area (Å²) in [6, 6.07) is 8.81. The normalized spacial score (nSPS) is 38.1. The minimum absolute atomic E-state index is 0.0236. The number of para-hydroxylation sites is 1. The summed E-state index contributed by atoms with van der Waals surface area (Å²) in [7, 11) is -3.92. The van der Waals surface area contributed by atoms with Crippen molar-refractivity contribution in [3.05, 3.63) is 36.5 Å². The number of nitrogens with zero attached hydrogens (tertiary/aromatic N) is 2. The Labute approximate surface area is 194 Å². The molecule has 7 rings (SSSR count). The summed E-state index contributed by atoms with van der Waals surface area (Å²) in [6.45, 7) is 2.07. The molecule has 5 fully saturated rings. The molecule has 33 heavy (non-hydrogen) atoms. The summed E-state index contributed by atoms with van der Waals surface area (Å²) in [6.07, 6.45) is 7.19. The molecule has 1 amide bonds. The molecule has 7 nitrogen and oxygen atoms in total. The number of sulfonamides is 1. The second-order valence-corrected chi connectivity index (χ2v) is 12.8. The Balaban J connectivity index is 1.29. The van der Waals surface area contributed by atoms with E-state index >= 15 is 0 Å². The minimum atomic E-state index is -3.92. The van der Waals surface area contributed by atoms with Crippen LogP contribution in [0.5, 0.6) is 0 Å². The number of carbonyl (C=O) groups excluding carboxylic acids is 1. The number of carbonyl (C=O) groups is 1. The zero-order chi connectivity index (χ0) is 23.0. The van der Waals surface area contributed by atoms with Gasteiger partial charge in [-0.15, -0.1) is 0 Å². The summed E-state index contributed by atoms with van der Waals surface area (Å²) in [5.74, 6) is 0.907. The van der Waals surface area contributed by atoms with Crippen LogP contribution in [0.2, 0.25) is 0 Å². The first-order chi connectivity index (χ1) is 15.7. The summed E-state index contributed by atoms with van der Waals surface area (Å²) in [5.41, 5.74) is -1.27. The van der Waals surface area contributed by atoms with Gasteiger partial charge in [0.05, 0.1) is 11.1 Å². The summed E-state index contributed by atoms with van der Waals surface area (Å²) in [4.78, 5) is 18.2. The van der Waals surface area contributed by atoms with E-state index in [1.54, 1.807) is 31.3 Å². The van der Waals surface area contributed by atoms with Gasteiger partial charge in [0.2, 0.25) is 15.9 Å². The van der Waals surface area contributed by atoms with Gasteiger partial charge in [0.15, 0.2) is 0 Å². The third kappa shape index (κ3) is 3.25. The van der Waals surface area contributed by atoms with Crippen LogP contribution >= 0.6 is 0 Å². The molecule has 1 aliphatic heterocycles. The number of amides is 1. The Bertz CT molecular complexity index is 1210. The minimum Gasteiger partial charge on any atom is -0.390 e. The topological polar surface area (TPSA) is 99.6 Å². The molecule has 4 saturated carbocycles.